The lowest BCUT2D eigenvalue weighted by Crippen LogP contribution is -2.39. The molecule has 9 heteroatoms. The van der Waals surface area contributed by atoms with Crippen LogP contribution in [0, 0.1) is 5.82 Å². The lowest BCUT2D eigenvalue weighted by atomic mass is 10.2. The van der Waals surface area contributed by atoms with E-state index in [2.05, 4.69) is 0 Å². The number of aromatic nitrogens is 3. The second-order valence-corrected chi connectivity index (χ2v) is 7.11. The Morgan fingerprint density at radius 2 is 1.89 bits per heavy atom. The Bertz CT molecular complexity index is 1180. The van der Waals surface area contributed by atoms with Gasteiger partial charge in [-0.25, -0.2) is 13.8 Å². The molecular formula is C18H20FN3O4S. The zero-order valence-corrected chi connectivity index (χ0v) is 16.3. The minimum Gasteiger partial charge on any atom is -0.361 e. The van der Waals surface area contributed by atoms with Crippen LogP contribution >= 0.6 is 11.3 Å². The van der Waals surface area contributed by atoms with Crippen LogP contribution in [0.2, 0.25) is 0 Å². The Balaban J connectivity index is 2.38. The van der Waals surface area contributed by atoms with Crippen molar-refractivity contribution in [2.24, 2.45) is 7.05 Å². The molecule has 144 valence electrons. The first-order valence-corrected chi connectivity index (χ1v) is 9.35. The molecule has 27 heavy (non-hydrogen) atoms. The average molecular weight is 393 g/mol. The van der Waals surface area contributed by atoms with E-state index in [1.807, 2.05) is 13.8 Å². The summed E-state index contributed by atoms with van der Waals surface area (Å²) in [5, 5.41) is 0. The van der Waals surface area contributed by atoms with Crippen LogP contribution in [0.1, 0.15) is 32.2 Å². The van der Waals surface area contributed by atoms with Gasteiger partial charge in [0.15, 0.2) is 0 Å². The summed E-state index contributed by atoms with van der Waals surface area (Å²) in [5.41, 5.74) is -0.464. The minimum absolute atomic E-state index is 0.187. The number of aryl methyl sites for hydroxylation is 1. The van der Waals surface area contributed by atoms with Crippen molar-refractivity contribution >= 4 is 21.6 Å². The summed E-state index contributed by atoms with van der Waals surface area (Å²) in [6, 6.07) is 3.85. The number of halogens is 1. The molecule has 0 radical (unpaired) electrons. The number of methoxy groups -OCH3 is 1. The molecule has 0 aliphatic carbocycles. The van der Waals surface area contributed by atoms with Crippen molar-refractivity contribution in [3.63, 3.8) is 0 Å². The van der Waals surface area contributed by atoms with E-state index < -0.39 is 23.3 Å². The molecule has 0 N–H and O–H groups in total. The van der Waals surface area contributed by atoms with Crippen LogP contribution in [0.25, 0.3) is 15.9 Å². The maximum Gasteiger partial charge on any atom is 0.335 e. The van der Waals surface area contributed by atoms with Crippen molar-refractivity contribution in [1.82, 2.24) is 13.7 Å². The Morgan fingerprint density at radius 3 is 2.48 bits per heavy atom. The van der Waals surface area contributed by atoms with Crippen molar-refractivity contribution in [2.45, 2.75) is 32.9 Å². The summed E-state index contributed by atoms with van der Waals surface area (Å²) in [4.78, 5) is 37.2. The Morgan fingerprint density at radius 1 is 1.19 bits per heavy atom. The third kappa shape index (κ3) is 3.06. The van der Waals surface area contributed by atoms with Gasteiger partial charge in [-0.05, 0) is 25.0 Å². The van der Waals surface area contributed by atoms with Gasteiger partial charge in [-0.2, -0.15) is 0 Å². The van der Waals surface area contributed by atoms with Gasteiger partial charge in [0.1, 0.15) is 12.0 Å². The molecule has 0 spiro atoms. The molecule has 2 heterocycles. The number of hydrogen-bond donors (Lipinski definition) is 0. The molecule has 1 aromatic carbocycles. The Hall–Kier alpha value is -2.52. The zero-order chi connectivity index (χ0) is 19.9. The molecule has 7 nitrogen and oxygen atoms in total. The van der Waals surface area contributed by atoms with Gasteiger partial charge in [0, 0.05) is 25.9 Å². The summed E-state index contributed by atoms with van der Waals surface area (Å²) in [7, 11) is 3.02. The van der Waals surface area contributed by atoms with Crippen LogP contribution in [0.4, 0.5) is 4.39 Å². The first kappa shape index (κ1) is 19.2. The van der Waals surface area contributed by atoms with E-state index in [9.17, 15) is 18.8 Å². The van der Waals surface area contributed by atoms with Crippen molar-refractivity contribution in [3.05, 3.63) is 60.2 Å². The maximum absolute atomic E-state index is 14.7. The van der Waals surface area contributed by atoms with Crippen LogP contribution in [-0.2, 0) is 18.2 Å². The number of nitrogens with zero attached hydrogens (tertiary/aromatic N) is 3. The number of rotatable bonds is 5. The van der Waals surface area contributed by atoms with Crippen LogP contribution in [-0.4, -0.2) is 20.8 Å². The smallest absolute Gasteiger partial charge is 0.335 e. The largest absolute Gasteiger partial charge is 0.361 e. The highest BCUT2D eigenvalue weighted by molar-refractivity contribution is 7.16. The topological polar surface area (TPSA) is 75.2 Å². The monoisotopic (exact) mass is 393 g/mol. The van der Waals surface area contributed by atoms with Crippen LogP contribution in [0.5, 0.6) is 0 Å². The molecule has 0 saturated carbocycles. The van der Waals surface area contributed by atoms with E-state index in [4.69, 9.17) is 4.74 Å². The normalized spacial score (nSPS) is 12.6. The summed E-state index contributed by atoms with van der Waals surface area (Å²) in [5.74, 6) is -0.746. The number of benzene rings is 1. The molecule has 0 aliphatic heterocycles. The van der Waals surface area contributed by atoms with Gasteiger partial charge < -0.3 is 9.30 Å². The fourth-order valence-electron chi connectivity index (χ4n) is 3.17. The van der Waals surface area contributed by atoms with E-state index >= 15 is 0 Å². The highest BCUT2D eigenvalue weighted by Crippen LogP contribution is 2.26. The highest BCUT2D eigenvalue weighted by Gasteiger charge is 2.20. The second-order valence-electron chi connectivity index (χ2n) is 6.11. The van der Waals surface area contributed by atoms with Gasteiger partial charge in [0.2, 0.25) is 0 Å². The summed E-state index contributed by atoms with van der Waals surface area (Å²) in [6.45, 7) is 3.68. The minimum atomic E-state index is -0.746. The number of thiazole rings is 1. The molecule has 0 amide bonds. The van der Waals surface area contributed by atoms with Crippen molar-refractivity contribution in [3.8, 4) is 5.69 Å². The first-order valence-electron chi connectivity index (χ1n) is 8.53. The van der Waals surface area contributed by atoms with Gasteiger partial charge in [-0.1, -0.05) is 25.2 Å². The van der Waals surface area contributed by atoms with Crippen molar-refractivity contribution in [2.75, 3.05) is 7.11 Å². The predicted octanol–water partition coefficient (Wildman–Crippen LogP) is 2.17. The van der Waals surface area contributed by atoms with Gasteiger partial charge in [0.25, 0.3) is 5.56 Å². The summed E-state index contributed by atoms with van der Waals surface area (Å²) >= 11 is 0.890. The van der Waals surface area contributed by atoms with Crippen LogP contribution < -0.4 is 16.1 Å². The van der Waals surface area contributed by atoms with Gasteiger partial charge in [-0.3, -0.25) is 14.2 Å². The lowest BCUT2D eigenvalue weighted by molar-refractivity contribution is 0.0430. The second kappa shape index (κ2) is 7.24. The molecule has 0 fully saturated rings. The molecule has 2 aromatic heterocycles. The maximum atomic E-state index is 14.7. The number of fused-ring (bicyclic) bond motifs is 1. The number of ether oxygens (including phenoxy) is 1. The van der Waals surface area contributed by atoms with E-state index in [-0.39, 0.29) is 10.6 Å². The molecule has 0 aliphatic rings. The quantitative estimate of drug-likeness (QED) is 0.666. The predicted molar refractivity (Wildman–Crippen MR) is 103 cm³/mol. The summed E-state index contributed by atoms with van der Waals surface area (Å²) < 4.78 is 24.0. The fourth-order valence-corrected chi connectivity index (χ4v) is 4.10. The van der Waals surface area contributed by atoms with Gasteiger partial charge in [0.05, 0.1) is 15.9 Å². The highest BCUT2D eigenvalue weighted by atomic mass is 32.1. The van der Waals surface area contributed by atoms with Crippen molar-refractivity contribution in [1.29, 1.82) is 0 Å². The van der Waals surface area contributed by atoms with Crippen molar-refractivity contribution < 1.29 is 9.13 Å². The van der Waals surface area contributed by atoms with E-state index in [0.717, 1.165) is 15.9 Å². The first-order chi connectivity index (χ1) is 12.8. The van der Waals surface area contributed by atoms with E-state index in [1.165, 1.54) is 41.5 Å². The van der Waals surface area contributed by atoms with E-state index in [1.54, 1.807) is 0 Å². The van der Waals surface area contributed by atoms with Gasteiger partial charge >= 0.3 is 10.6 Å². The zero-order valence-electron chi connectivity index (χ0n) is 15.5. The third-order valence-corrected chi connectivity index (χ3v) is 5.53. The number of hydrogen-bond acceptors (Lipinski definition) is 5. The molecule has 3 aromatic rings. The summed E-state index contributed by atoms with van der Waals surface area (Å²) in [6.07, 6.45) is 0.507. The Kier molecular flexibility index (Phi) is 5.16. The molecule has 1 unspecified atom stereocenters. The van der Waals surface area contributed by atoms with Crippen LogP contribution in [0.3, 0.4) is 0 Å². The molecule has 3 rings (SSSR count). The standard InChI is InChI=1S/C18H20FN3O4S/c1-5-10-7-15(23)21(17(24)20(10)3)12-9-13-14(8-11(12)19)27-18(25)22(13)16(6-2)26-4/h7-9,16H,5-6H2,1-4H3. The SMILES string of the molecule is CCc1cc(=O)n(-c2cc3c(cc2F)sc(=O)n3C(CC)OC)c(=O)n1C. The average Bonchev–Trinajstić information content (AvgIpc) is 2.94. The molecular weight excluding hydrogens is 373 g/mol. The lowest BCUT2D eigenvalue weighted by Gasteiger charge is -2.16. The Labute approximate surface area is 157 Å². The third-order valence-electron chi connectivity index (χ3n) is 4.61. The molecule has 1 atom stereocenters. The van der Waals surface area contributed by atoms with Gasteiger partial charge in [-0.15, -0.1) is 0 Å². The molecule has 0 saturated heterocycles. The molecule has 0 bridgehead atoms. The van der Waals surface area contributed by atoms with E-state index in [0.29, 0.717) is 28.8 Å². The van der Waals surface area contributed by atoms with Crippen LogP contribution in [0.15, 0.2) is 32.6 Å². The fraction of sp³-hybridized carbons (Fsp3) is 0.389.